The van der Waals surface area contributed by atoms with E-state index in [1.807, 2.05) is 0 Å². The van der Waals surface area contributed by atoms with Crippen LogP contribution in [0.25, 0.3) is 0 Å². The molecule has 1 aliphatic heterocycles. The smallest absolute Gasteiger partial charge is 0.172 e. The molecule has 4 nitrogen and oxygen atoms in total. The van der Waals surface area contributed by atoms with E-state index >= 15 is 0 Å². The van der Waals surface area contributed by atoms with Crippen molar-refractivity contribution in [2.75, 3.05) is 19.8 Å². The van der Waals surface area contributed by atoms with E-state index < -0.39 is 20.0 Å². The minimum atomic E-state index is -1.20. The van der Waals surface area contributed by atoms with Gasteiger partial charge in [0.2, 0.25) is 0 Å². The zero-order valence-corrected chi connectivity index (χ0v) is 20.4. The quantitative estimate of drug-likeness (QED) is 0.513. The second-order valence-electron chi connectivity index (χ2n) is 11.4. The first-order valence-electron chi connectivity index (χ1n) is 11.5. The molecule has 166 valence electrons. The molecule has 1 saturated heterocycles. The first-order valence-corrected chi connectivity index (χ1v) is 15.2. The predicted molar refractivity (Wildman–Crippen MR) is 119 cm³/mol. The Kier molecular flexibility index (Phi) is 6.65. The normalized spacial score (nSPS) is 38.3. The highest BCUT2D eigenvalue weighted by Gasteiger charge is 2.70. The molecule has 0 amide bonds. The first kappa shape index (κ1) is 23.3. The highest BCUT2D eigenvalue weighted by molar-refractivity contribution is 6.76. The Balaban J connectivity index is 1.95. The van der Waals surface area contributed by atoms with Gasteiger partial charge in [-0.15, -0.1) is 11.8 Å². The van der Waals surface area contributed by atoms with Gasteiger partial charge >= 0.3 is 0 Å². The maximum Gasteiger partial charge on any atom is 0.172 e. The number of fused-ring (bicyclic) bond motifs is 2. The van der Waals surface area contributed by atoms with E-state index in [2.05, 4.69) is 52.3 Å². The molecule has 2 saturated carbocycles. The minimum Gasteiger partial charge on any atom is -0.396 e. The van der Waals surface area contributed by atoms with Crippen molar-refractivity contribution in [2.24, 2.45) is 28.6 Å². The second kappa shape index (κ2) is 8.28. The Hall–Kier alpha value is -0.383. The summed E-state index contributed by atoms with van der Waals surface area (Å²) in [7, 11) is -1.20. The summed E-state index contributed by atoms with van der Waals surface area (Å²) in [6.45, 7) is 15.1. The number of ether oxygens (including phenoxy) is 2. The predicted octanol–water partition coefficient (Wildman–Crippen LogP) is 4.28. The molecular formula is C24H42O4Si. The van der Waals surface area contributed by atoms with Crippen molar-refractivity contribution in [3.8, 4) is 11.8 Å². The van der Waals surface area contributed by atoms with Crippen molar-refractivity contribution in [3.63, 3.8) is 0 Å². The summed E-state index contributed by atoms with van der Waals surface area (Å²) in [6, 6.07) is 0.969. The Morgan fingerprint density at radius 1 is 1.10 bits per heavy atom. The number of aliphatic hydroxyl groups is 2. The van der Waals surface area contributed by atoms with Crippen LogP contribution in [-0.2, 0) is 9.47 Å². The van der Waals surface area contributed by atoms with Gasteiger partial charge in [0.15, 0.2) is 5.79 Å². The van der Waals surface area contributed by atoms with Crippen molar-refractivity contribution in [1.82, 2.24) is 0 Å². The zero-order valence-electron chi connectivity index (χ0n) is 19.4. The van der Waals surface area contributed by atoms with E-state index in [1.54, 1.807) is 0 Å². The summed E-state index contributed by atoms with van der Waals surface area (Å²) >= 11 is 0. The molecule has 6 atom stereocenters. The fraction of sp³-hybridized carbons (Fsp3) is 0.917. The Labute approximate surface area is 178 Å². The SMILES string of the molecule is C[C@H](CO)[C@@]12CC[C@@H](C)[C@@](C)([C@H](O)CC#CC[Si](C)(C)C)[C@@H]1C1(CC2)OCCO1. The lowest BCUT2D eigenvalue weighted by Crippen LogP contribution is -2.61. The van der Waals surface area contributed by atoms with Crippen LogP contribution in [0.2, 0.25) is 25.7 Å². The van der Waals surface area contributed by atoms with E-state index in [0.717, 1.165) is 31.7 Å². The van der Waals surface area contributed by atoms with Crippen molar-refractivity contribution in [1.29, 1.82) is 0 Å². The summed E-state index contributed by atoms with van der Waals surface area (Å²) in [5.41, 5.74) is -0.399. The average molecular weight is 423 g/mol. The van der Waals surface area contributed by atoms with E-state index in [-0.39, 0.29) is 29.3 Å². The van der Waals surface area contributed by atoms with Crippen LogP contribution in [0.4, 0.5) is 0 Å². The topological polar surface area (TPSA) is 58.9 Å². The monoisotopic (exact) mass is 422 g/mol. The minimum absolute atomic E-state index is 0.0485. The molecule has 1 heterocycles. The van der Waals surface area contributed by atoms with E-state index in [4.69, 9.17) is 9.47 Å². The summed E-state index contributed by atoms with van der Waals surface area (Å²) in [4.78, 5) is 0. The second-order valence-corrected chi connectivity index (χ2v) is 16.9. The highest BCUT2D eigenvalue weighted by Crippen LogP contribution is 2.70. The highest BCUT2D eigenvalue weighted by atomic mass is 28.3. The van der Waals surface area contributed by atoms with Gasteiger partial charge in [-0.3, -0.25) is 0 Å². The van der Waals surface area contributed by atoms with Gasteiger partial charge in [-0.05, 0) is 36.5 Å². The van der Waals surface area contributed by atoms with Crippen LogP contribution in [0.15, 0.2) is 0 Å². The van der Waals surface area contributed by atoms with Gasteiger partial charge < -0.3 is 19.7 Å². The number of hydrogen-bond donors (Lipinski definition) is 2. The van der Waals surface area contributed by atoms with Gasteiger partial charge in [0.05, 0.1) is 27.4 Å². The molecule has 0 aromatic carbocycles. The maximum absolute atomic E-state index is 11.5. The zero-order chi connectivity index (χ0) is 21.5. The van der Waals surface area contributed by atoms with Crippen LogP contribution in [0.3, 0.4) is 0 Å². The van der Waals surface area contributed by atoms with E-state index in [0.29, 0.717) is 25.6 Å². The average Bonchev–Trinajstić information content (AvgIpc) is 3.27. The molecule has 1 spiro atoms. The molecule has 0 bridgehead atoms. The standard InChI is InChI=1S/C24H42O4Si/c1-18-10-11-23(19(2)17-25)12-13-24(27-14-15-28-24)21(23)22(18,3)20(26)9-7-8-16-29(4,5)6/h18-21,25-26H,9-17H2,1-6H3/t18-,19-,20-,21+,22+,23+/m1/s1. The van der Waals surface area contributed by atoms with E-state index in [1.165, 1.54) is 0 Å². The van der Waals surface area contributed by atoms with Gasteiger partial charge in [0, 0.05) is 36.8 Å². The van der Waals surface area contributed by atoms with Crippen LogP contribution in [0, 0.1) is 40.4 Å². The Morgan fingerprint density at radius 2 is 1.76 bits per heavy atom. The van der Waals surface area contributed by atoms with Crippen LogP contribution in [0.5, 0.6) is 0 Å². The summed E-state index contributed by atoms with van der Waals surface area (Å²) in [6.07, 6.45) is 3.96. The third-order valence-corrected chi connectivity index (χ3v) is 9.71. The fourth-order valence-corrected chi connectivity index (χ4v) is 7.21. The lowest BCUT2D eigenvalue weighted by atomic mass is 9.47. The number of aliphatic hydroxyl groups excluding tert-OH is 2. The molecule has 2 aliphatic carbocycles. The van der Waals surface area contributed by atoms with E-state index in [9.17, 15) is 10.2 Å². The van der Waals surface area contributed by atoms with Gasteiger partial charge in [-0.1, -0.05) is 40.4 Å². The number of rotatable bonds is 5. The Bertz CT molecular complexity index is 641. The lowest BCUT2D eigenvalue weighted by Gasteiger charge is -2.60. The third-order valence-electron chi connectivity index (χ3n) is 8.47. The molecule has 0 aromatic rings. The first-order chi connectivity index (χ1) is 13.5. The van der Waals surface area contributed by atoms with Gasteiger partial charge in [0.1, 0.15) is 0 Å². The molecule has 0 aromatic heterocycles. The molecular weight excluding hydrogens is 380 g/mol. The molecule has 0 radical (unpaired) electrons. The van der Waals surface area contributed by atoms with Crippen molar-refractivity contribution in [3.05, 3.63) is 0 Å². The lowest BCUT2D eigenvalue weighted by molar-refractivity contribution is -0.266. The molecule has 2 N–H and O–H groups in total. The molecule has 3 fully saturated rings. The van der Waals surface area contributed by atoms with Gasteiger partial charge in [-0.2, -0.15) is 0 Å². The number of hydrogen-bond acceptors (Lipinski definition) is 4. The molecule has 5 heteroatoms. The summed E-state index contributed by atoms with van der Waals surface area (Å²) in [5, 5.41) is 21.6. The van der Waals surface area contributed by atoms with Crippen LogP contribution >= 0.6 is 0 Å². The van der Waals surface area contributed by atoms with Crippen molar-refractivity contribution in [2.45, 2.75) is 90.5 Å². The van der Waals surface area contributed by atoms with Crippen LogP contribution < -0.4 is 0 Å². The third kappa shape index (κ3) is 3.96. The summed E-state index contributed by atoms with van der Waals surface area (Å²) < 4.78 is 12.6. The van der Waals surface area contributed by atoms with Crippen molar-refractivity contribution < 1.29 is 19.7 Å². The van der Waals surface area contributed by atoms with Crippen molar-refractivity contribution >= 4 is 8.07 Å². The summed E-state index contributed by atoms with van der Waals surface area (Å²) in [5.74, 6) is 6.62. The van der Waals surface area contributed by atoms with Gasteiger partial charge in [0.25, 0.3) is 0 Å². The molecule has 3 aliphatic rings. The molecule has 0 unspecified atom stereocenters. The maximum atomic E-state index is 11.5. The molecule has 3 rings (SSSR count). The Morgan fingerprint density at radius 3 is 2.34 bits per heavy atom. The van der Waals surface area contributed by atoms with Crippen LogP contribution in [0.1, 0.15) is 52.9 Å². The molecule has 29 heavy (non-hydrogen) atoms. The fourth-order valence-electron chi connectivity index (χ4n) is 6.55. The largest absolute Gasteiger partial charge is 0.396 e. The van der Waals surface area contributed by atoms with Crippen LogP contribution in [-0.4, -0.2) is 50.0 Å². The van der Waals surface area contributed by atoms with Gasteiger partial charge in [-0.25, -0.2) is 0 Å².